The van der Waals surface area contributed by atoms with Crippen LogP contribution in [-0.2, 0) is 14.3 Å². The molecule has 1 rings (SSSR count). The topological polar surface area (TPSA) is 72.5 Å². The van der Waals surface area contributed by atoms with Gasteiger partial charge >= 0.3 is 12.1 Å². The number of nitrogens with one attached hydrogen (secondary N) is 1. The highest BCUT2D eigenvalue weighted by molar-refractivity contribution is 6.11. The Hall–Kier alpha value is -2.38. The number of rotatable bonds is 16. The summed E-state index contributed by atoms with van der Waals surface area (Å²) in [6.45, 7) is 2.61. The van der Waals surface area contributed by atoms with Crippen LogP contribution < -0.4 is 5.32 Å². The third kappa shape index (κ3) is 13.5. The normalized spacial score (nSPS) is 11.2. The molecule has 8 heteroatoms. The molecule has 0 spiro atoms. The fourth-order valence-corrected chi connectivity index (χ4v) is 3.06. The van der Waals surface area contributed by atoms with Gasteiger partial charge in [-0.05, 0) is 44.0 Å². The SMILES string of the molecule is CCOC(=O)CC(=O)CC(=O)c1ccc(NCCCCCCCCCC(F)(F)F)cc1. The summed E-state index contributed by atoms with van der Waals surface area (Å²) in [5, 5.41) is 3.26. The van der Waals surface area contributed by atoms with E-state index in [0.29, 0.717) is 12.0 Å². The van der Waals surface area contributed by atoms with Crippen molar-refractivity contribution >= 4 is 23.2 Å². The van der Waals surface area contributed by atoms with Crippen LogP contribution in [-0.4, -0.2) is 36.9 Å². The second-order valence-corrected chi connectivity index (χ2v) is 7.46. The minimum atomic E-state index is -4.04. The lowest BCUT2D eigenvalue weighted by atomic mass is 10.0. The molecule has 0 aliphatic rings. The molecule has 0 fully saturated rings. The number of carbonyl (C=O) groups is 3. The maximum Gasteiger partial charge on any atom is 0.389 e. The molecule has 1 aromatic rings. The van der Waals surface area contributed by atoms with E-state index in [2.05, 4.69) is 5.32 Å². The van der Waals surface area contributed by atoms with Gasteiger partial charge in [0.25, 0.3) is 0 Å². The Labute approximate surface area is 181 Å². The molecule has 0 heterocycles. The Balaban J connectivity index is 2.16. The minimum Gasteiger partial charge on any atom is -0.466 e. The molecule has 0 unspecified atom stereocenters. The first-order valence-electron chi connectivity index (χ1n) is 10.8. The molecular weight excluding hydrogens is 411 g/mol. The van der Waals surface area contributed by atoms with Crippen LogP contribution in [0.5, 0.6) is 0 Å². The smallest absolute Gasteiger partial charge is 0.389 e. The van der Waals surface area contributed by atoms with Crippen molar-refractivity contribution in [1.82, 2.24) is 0 Å². The van der Waals surface area contributed by atoms with E-state index in [4.69, 9.17) is 4.74 Å². The highest BCUT2D eigenvalue weighted by Crippen LogP contribution is 2.23. The minimum absolute atomic E-state index is 0.194. The second kappa shape index (κ2) is 14.6. The van der Waals surface area contributed by atoms with Crippen molar-refractivity contribution in [1.29, 1.82) is 0 Å². The molecule has 5 nitrogen and oxygen atoms in total. The second-order valence-electron chi connectivity index (χ2n) is 7.46. The van der Waals surface area contributed by atoms with Crippen LogP contribution in [0.2, 0.25) is 0 Å². The number of hydrogen-bond acceptors (Lipinski definition) is 5. The van der Waals surface area contributed by atoms with Crippen molar-refractivity contribution in [2.24, 2.45) is 0 Å². The van der Waals surface area contributed by atoms with E-state index >= 15 is 0 Å². The average Bonchev–Trinajstić information content (AvgIpc) is 2.69. The zero-order chi connectivity index (χ0) is 23.1. The largest absolute Gasteiger partial charge is 0.466 e. The molecule has 1 N–H and O–H groups in total. The summed E-state index contributed by atoms with van der Waals surface area (Å²) in [6.07, 6.45) is 0.113. The van der Waals surface area contributed by atoms with Crippen molar-refractivity contribution in [3.63, 3.8) is 0 Å². The van der Waals surface area contributed by atoms with Gasteiger partial charge in [-0.3, -0.25) is 14.4 Å². The van der Waals surface area contributed by atoms with Gasteiger partial charge in [0.15, 0.2) is 11.6 Å². The zero-order valence-corrected chi connectivity index (χ0v) is 18.1. The van der Waals surface area contributed by atoms with Crippen LogP contribution in [0, 0.1) is 0 Å². The van der Waals surface area contributed by atoms with Crippen molar-refractivity contribution in [3.05, 3.63) is 29.8 Å². The number of carbonyl (C=O) groups excluding carboxylic acids is 3. The number of halogens is 3. The summed E-state index contributed by atoms with van der Waals surface area (Å²) in [6, 6.07) is 6.82. The van der Waals surface area contributed by atoms with E-state index in [1.807, 2.05) is 0 Å². The molecule has 0 aliphatic carbocycles. The number of Topliss-reactive ketones (excluding diaryl/α,β-unsaturated/α-hetero) is 2. The summed E-state index contributed by atoms with van der Waals surface area (Å²) >= 11 is 0. The lowest BCUT2D eigenvalue weighted by Gasteiger charge is -2.08. The molecule has 0 radical (unpaired) electrons. The van der Waals surface area contributed by atoms with Gasteiger partial charge in [0.2, 0.25) is 0 Å². The van der Waals surface area contributed by atoms with Crippen molar-refractivity contribution in [3.8, 4) is 0 Å². The number of ketones is 2. The predicted molar refractivity (Wildman–Crippen MR) is 113 cm³/mol. The van der Waals surface area contributed by atoms with Crippen LogP contribution in [0.1, 0.15) is 81.5 Å². The summed E-state index contributed by atoms with van der Waals surface area (Å²) in [5.41, 5.74) is 1.27. The molecule has 1 aromatic carbocycles. The number of esters is 1. The van der Waals surface area contributed by atoms with Crippen LogP contribution in [0.25, 0.3) is 0 Å². The molecule has 174 valence electrons. The Morgan fingerprint density at radius 2 is 1.45 bits per heavy atom. The van der Waals surface area contributed by atoms with Gasteiger partial charge in [-0.25, -0.2) is 0 Å². The number of unbranched alkanes of at least 4 members (excludes halogenated alkanes) is 6. The van der Waals surface area contributed by atoms with Gasteiger partial charge in [0, 0.05) is 24.2 Å². The summed E-state index contributed by atoms with van der Waals surface area (Å²) in [4.78, 5) is 35.1. The molecule has 0 atom stereocenters. The van der Waals surface area contributed by atoms with Gasteiger partial charge < -0.3 is 10.1 Å². The van der Waals surface area contributed by atoms with E-state index in [-0.39, 0.29) is 25.2 Å². The lowest BCUT2D eigenvalue weighted by molar-refractivity contribution is -0.145. The molecule has 0 saturated carbocycles. The lowest BCUT2D eigenvalue weighted by Crippen LogP contribution is -2.14. The highest BCUT2D eigenvalue weighted by atomic mass is 19.4. The van der Waals surface area contributed by atoms with Crippen molar-refractivity contribution < 1.29 is 32.3 Å². The van der Waals surface area contributed by atoms with E-state index in [1.54, 1.807) is 31.2 Å². The average molecular weight is 444 g/mol. The van der Waals surface area contributed by atoms with Crippen LogP contribution in [0.4, 0.5) is 18.9 Å². The fourth-order valence-electron chi connectivity index (χ4n) is 3.06. The fraction of sp³-hybridized carbons (Fsp3) is 0.609. The monoisotopic (exact) mass is 443 g/mol. The van der Waals surface area contributed by atoms with E-state index in [1.165, 1.54) is 0 Å². The number of anilines is 1. The van der Waals surface area contributed by atoms with Gasteiger partial charge in [-0.1, -0.05) is 32.1 Å². The van der Waals surface area contributed by atoms with E-state index in [9.17, 15) is 27.6 Å². The number of ether oxygens (including phenoxy) is 1. The zero-order valence-electron chi connectivity index (χ0n) is 18.1. The Bertz CT molecular complexity index is 687. The number of benzene rings is 1. The predicted octanol–water partition coefficient (Wildman–Crippen LogP) is 5.88. The third-order valence-electron chi connectivity index (χ3n) is 4.68. The number of hydrogen-bond donors (Lipinski definition) is 1. The summed E-state index contributed by atoms with van der Waals surface area (Å²) in [5.74, 6) is -1.43. The first-order valence-corrected chi connectivity index (χ1v) is 10.8. The third-order valence-corrected chi connectivity index (χ3v) is 4.68. The molecule has 31 heavy (non-hydrogen) atoms. The van der Waals surface area contributed by atoms with Gasteiger partial charge in [-0.2, -0.15) is 13.2 Å². The molecule has 0 saturated heterocycles. The number of alkyl halides is 3. The van der Waals surface area contributed by atoms with Gasteiger partial charge in [-0.15, -0.1) is 0 Å². The standard InChI is InChI=1S/C23H32F3NO4/c1-2-31-22(30)17-20(28)16-21(29)18-10-12-19(13-11-18)27-15-9-7-5-3-4-6-8-14-23(24,25)26/h10-13,27H,2-9,14-17H2,1H3. The molecule has 0 aliphatic heterocycles. The molecule has 0 aromatic heterocycles. The summed E-state index contributed by atoms with van der Waals surface area (Å²) < 4.78 is 40.8. The highest BCUT2D eigenvalue weighted by Gasteiger charge is 2.25. The van der Waals surface area contributed by atoms with Crippen LogP contribution >= 0.6 is 0 Å². The maximum atomic E-state index is 12.1. The van der Waals surface area contributed by atoms with Crippen molar-refractivity contribution in [2.75, 3.05) is 18.5 Å². The maximum absolute atomic E-state index is 12.1. The molecular formula is C23H32F3NO4. The van der Waals surface area contributed by atoms with E-state index < -0.39 is 30.8 Å². The molecule has 0 amide bonds. The van der Waals surface area contributed by atoms with Crippen LogP contribution in [0.3, 0.4) is 0 Å². The quantitative estimate of drug-likeness (QED) is 0.150. The van der Waals surface area contributed by atoms with Crippen LogP contribution in [0.15, 0.2) is 24.3 Å². The summed E-state index contributed by atoms with van der Waals surface area (Å²) in [7, 11) is 0. The van der Waals surface area contributed by atoms with E-state index in [0.717, 1.165) is 44.3 Å². The molecule has 0 bridgehead atoms. The Morgan fingerprint density at radius 1 is 0.871 bits per heavy atom. The first kappa shape index (κ1) is 26.7. The first-order chi connectivity index (χ1) is 14.7. The Morgan fingerprint density at radius 3 is 2.03 bits per heavy atom. The van der Waals surface area contributed by atoms with Gasteiger partial charge in [0.1, 0.15) is 6.42 Å². The van der Waals surface area contributed by atoms with Crippen molar-refractivity contribution in [2.45, 2.75) is 77.3 Å². The van der Waals surface area contributed by atoms with Gasteiger partial charge in [0.05, 0.1) is 13.0 Å². The Kier molecular flexibility index (Phi) is 12.5.